The Morgan fingerprint density at radius 1 is 1.19 bits per heavy atom. The van der Waals surface area contributed by atoms with Crippen LogP contribution in [0.15, 0.2) is 30.3 Å². The summed E-state index contributed by atoms with van der Waals surface area (Å²) in [6.45, 7) is 2.10. The van der Waals surface area contributed by atoms with Crippen LogP contribution >= 0.6 is 22.6 Å². The largest absolute Gasteiger partial charge is 0.372 e. The highest BCUT2D eigenvalue weighted by molar-refractivity contribution is 14.1. The lowest BCUT2D eigenvalue weighted by molar-refractivity contribution is 0.0504. The smallest absolute Gasteiger partial charge is 0.160 e. The lowest BCUT2D eigenvalue weighted by Gasteiger charge is -2.15. The molecule has 5 heteroatoms. The van der Waals surface area contributed by atoms with Gasteiger partial charge < -0.3 is 10.1 Å². The van der Waals surface area contributed by atoms with Crippen molar-refractivity contribution in [3.8, 4) is 11.3 Å². The average Bonchev–Trinajstić information content (AvgIpc) is 2.95. The van der Waals surface area contributed by atoms with Crippen LogP contribution in [0, 0.1) is 3.57 Å². The molecule has 0 spiro atoms. The van der Waals surface area contributed by atoms with Crippen molar-refractivity contribution in [2.75, 3.05) is 12.4 Å². The third kappa shape index (κ3) is 3.03. The Balaban J connectivity index is 2.07. The maximum Gasteiger partial charge on any atom is 0.160 e. The van der Waals surface area contributed by atoms with Gasteiger partial charge in [-0.25, -0.2) is 9.97 Å². The molecule has 2 atom stereocenters. The number of halogens is 1. The molecule has 0 radical (unpaired) electrons. The predicted octanol–water partition coefficient (Wildman–Crippen LogP) is 4.03. The molecule has 1 N–H and O–H groups in total. The molecule has 2 aromatic rings. The Bertz CT molecular complexity index is 633. The Hall–Kier alpha value is -1.21. The van der Waals surface area contributed by atoms with Crippen LogP contribution in [0.2, 0.25) is 0 Å². The zero-order chi connectivity index (χ0) is 14.8. The first kappa shape index (κ1) is 14.7. The second-order valence-corrected chi connectivity index (χ2v) is 6.30. The summed E-state index contributed by atoms with van der Waals surface area (Å²) in [4.78, 5) is 9.42. The summed E-state index contributed by atoms with van der Waals surface area (Å²) in [5.74, 6) is 1.64. The molecule has 21 heavy (non-hydrogen) atoms. The number of hydrogen-bond donors (Lipinski definition) is 1. The standard InChI is InChI=1S/C16H18IN3O/c1-10-8-9-12(21-10)15-19-14(11-6-4-3-5-7-11)13(17)16(18-2)20-15/h3-7,10,12H,8-9H2,1-2H3,(H,18,19,20). The number of anilines is 1. The maximum atomic E-state index is 5.92. The van der Waals surface area contributed by atoms with Gasteiger partial charge in [-0.2, -0.15) is 0 Å². The van der Waals surface area contributed by atoms with Gasteiger partial charge in [-0.1, -0.05) is 30.3 Å². The van der Waals surface area contributed by atoms with Crippen molar-refractivity contribution in [3.63, 3.8) is 0 Å². The van der Waals surface area contributed by atoms with Crippen LogP contribution in [0.1, 0.15) is 31.7 Å². The Morgan fingerprint density at radius 3 is 2.57 bits per heavy atom. The number of benzene rings is 1. The summed E-state index contributed by atoms with van der Waals surface area (Å²) >= 11 is 2.30. The fourth-order valence-corrected chi connectivity index (χ4v) is 3.38. The Morgan fingerprint density at radius 2 is 1.95 bits per heavy atom. The van der Waals surface area contributed by atoms with E-state index in [2.05, 4.69) is 51.9 Å². The van der Waals surface area contributed by atoms with Crippen molar-refractivity contribution in [1.82, 2.24) is 9.97 Å². The van der Waals surface area contributed by atoms with Crippen LogP contribution in [0.4, 0.5) is 5.82 Å². The topological polar surface area (TPSA) is 47.0 Å². The molecular formula is C16H18IN3O. The Kier molecular flexibility index (Phi) is 4.40. The molecule has 1 aromatic heterocycles. The summed E-state index contributed by atoms with van der Waals surface area (Å²) in [7, 11) is 1.89. The van der Waals surface area contributed by atoms with Gasteiger partial charge in [0, 0.05) is 12.6 Å². The van der Waals surface area contributed by atoms with Gasteiger partial charge in [0.05, 0.1) is 15.4 Å². The number of hydrogen-bond acceptors (Lipinski definition) is 4. The molecule has 0 amide bonds. The summed E-state index contributed by atoms with van der Waals surface area (Å²) in [6, 6.07) is 10.2. The molecule has 1 aliphatic heterocycles. The third-order valence-electron chi connectivity index (χ3n) is 3.67. The predicted molar refractivity (Wildman–Crippen MR) is 92.3 cm³/mol. The Labute approximate surface area is 138 Å². The van der Waals surface area contributed by atoms with Gasteiger partial charge in [-0.05, 0) is 42.4 Å². The van der Waals surface area contributed by atoms with Crippen LogP contribution in [-0.2, 0) is 4.74 Å². The van der Waals surface area contributed by atoms with Crippen LogP contribution in [0.5, 0.6) is 0 Å². The average molecular weight is 395 g/mol. The van der Waals surface area contributed by atoms with Gasteiger partial charge in [-0.3, -0.25) is 0 Å². The molecule has 0 saturated carbocycles. The third-order valence-corrected chi connectivity index (χ3v) is 4.69. The lowest BCUT2D eigenvalue weighted by Crippen LogP contribution is -2.10. The molecule has 3 rings (SSSR count). The van der Waals surface area contributed by atoms with E-state index in [0.29, 0.717) is 0 Å². The minimum atomic E-state index is 0.00608. The summed E-state index contributed by atoms with van der Waals surface area (Å²) in [5.41, 5.74) is 2.07. The van der Waals surface area contributed by atoms with Gasteiger partial charge in [-0.15, -0.1) is 0 Å². The second-order valence-electron chi connectivity index (χ2n) is 5.22. The highest BCUT2D eigenvalue weighted by Crippen LogP contribution is 2.34. The van der Waals surface area contributed by atoms with Crippen LogP contribution in [0.25, 0.3) is 11.3 Å². The number of ether oxygens (including phenoxy) is 1. The SMILES string of the molecule is CNc1nc(C2CCC(C)O2)nc(-c2ccccc2)c1I. The van der Waals surface area contributed by atoms with E-state index in [1.54, 1.807) is 0 Å². The van der Waals surface area contributed by atoms with Crippen LogP contribution in [0.3, 0.4) is 0 Å². The molecule has 110 valence electrons. The zero-order valence-electron chi connectivity index (χ0n) is 12.1. The highest BCUT2D eigenvalue weighted by Gasteiger charge is 2.27. The van der Waals surface area contributed by atoms with E-state index in [1.807, 2.05) is 25.2 Å². The quantitative estimate of drug-likeness (QED) is 0.798. The fourth-order valence-electron chi connectivity index (χ4n) is 2.55. The first-order valence-electron chi connectivity index (χ1n) is 7.15. The number of aromatic nitrogens is 2. The van der Waals surface area contributed by atoms with Gasteiger partial charge in [0.25, 0.3) is 0 Å². The van der Waals surface area contributed by atoms with Crippen molar-refractivity contribution in [2.45, 2.75) is 32.0 Å². The van der Waals surface area contributed by atoms with Crippen molar-refractivity contribution in [1.29, 1.82) is 0 Å². The minimum absolute atomic E-state index is 0.00608. The number of rotatable bonds is 3. The summed E-state index contributed by atoms with van der Waals surface area (Å²) < 4.78 is 6.96. The number of nitrogens with one attached hydrogen (secondary N) is 1. The van der Waals surface area contributed by atoms with E-state index >= 15 is 0 Å². The zero-order valence-corrected chi connectivity index (χ0v) is 14.3. The van der Waals surface area contributed by atoms with E-state index in [9.17, 15) is 0 Å². The normalized spacial score (nSPS) is 21.5. The fraction of sp³-hybridized carbons (Fsp3) is 0.375. The van der Waals surface area contributed by atoms with Gasteiger partial charge in [0.2, 0.25) is 0 Å². The molecule has 1 aromatic carbocycles. The van der Waals surface area contributed by atoms with Gasteiger partial charge in [0.1, 0.15) is 11.9 Å². The van der Waals surface area contributed by atoms with Crippen molar-refractivity contribution in [2.24, 2.45) is 0 Å². The van der Waals surface area contributed by atoms with E-state index in [-0.39, 0.29) is 12.2 Å². The molecule has 2 heterocycles. The molecule has 4 nitrogen and oxygen atoms in total. The minimum Gasteiger partial charge on any atom is -0.372 e. The van der Waals surface area contributed by atoms with Crippen molar-refractivity contribution in [3.05, 3.63) is 39.7 Å². The van der Waals surface area contributed by atoms with Crippen LogP contribution < -0.4 is 5.32 Å². The summed E-state index contributed by atoms with van der Waals surface area (Å²) in [6.07, 6.45) is 2.34. The van der Waals surface area contributed by atoms with Crippen molar-refractivity contribution < 1.29 is 4.74 Å². The first-order valence-corrected chi connectivity index (χ1v) is 8.23. The lowest BCUT2D eigenvalue weighted by atomic mass is 10.1. The van der Waals surface area contributed by atoms with Crippen molar-refractivity contribution >= 4 is 28.4 Å². The molecule has 1 fully saturated rings. The first-order chi connectivity index (χ1) is 10.2. The van der Waals surface area contributed by atoms with E-state index in [0.717, 1.165) is 39.3 Å². The molecule has 0 aliphatic carbocycles. The monoisotopic (exact) mass is 395 g/mol. The van der Waals surface area contributed by atoms with Gasteiger partial charge >= 0.3 is 0 Å². The molecular weight excluding hydrogens is 377 g/mol. The molecule has 0 bridgehead atoms. The molecule has 2 unspecified atom stereocenters. The highest BCUT2D eigenvalue weighted by atomic mass is 127. The molecule has 1 aliphatic rings. The van der Waals surface area contributed by atoms with E-state index in [1.165, 1.54) is 0 Å². The van der Waals surface area contributed by atoms with Crippen LogP contribution in [-0.4, -0.2) is 23.1 Å². The van der Waals surface area contributed by atoms with Gasteiger partial charge in [0.15, 0.2) is 5.82 Å². The second kappa shape index (κ2) is 6.27. The van der Waals surface area contributed by atoms with E-state index in [4.69, 9.17) is 9.72 Å². The number of nitrogens with zero attached hydrogens (tertiary/aromatic N) is 2. The van der Waals surface area contributed by atoms with E-state index < -0.39 is 0 Å². The molecule has 1 saturated heterocycles. The maximum absolute atomic E-state index is 5.92. The summed E-state index contributed by atoms with van der Waals surface area (Å²) in [5, 5.41) is 3.17.